The number of hydrogen-bond donors (Lipinski definition) is 1. The van der Waals surface area contributed by atoms with Gasteiger partial charge in [0.1, 0.15) is 0 Å². The van der Waals surface area contributed by atoms with Gasteiger partial charge in [0.2, 0.25) is 5.91 Å². The second-order valence-corrected chi connectivity index (χ2v) is 5.65. The van der Waals surface area contributed by atoms with Crippen LogP contribution in [0.4, 0.5) is 0 Å². The Morgan fingerprint density at radius 2 is 2.00 bits per heavy atom. The summed E-state index contributed by atoms with van der Waals surface area (Å²) >= 11 is 0. The van der Waals surface area contributed by atoms with E-state index in [0.717, 1.165) is 26.2 Å². The molecule has 0 radical (unpaired) electrons. The molecule has 1 saturated heterocycles. The average Bonchev–Trinajstić information content (AvgIpc) is 3.05. The predicted octanol–water partition coefficient (Wildman–Crippen LogP) is 1.06. The molecular formula is C14H27N3O. The normalized spacial score (nSPS) is 28.3. The Labute approximate surface area is 110 Å². The van der Waals surface area contributed by atoms with Crippen molar-refractivity contribution < 1.29 is 4.79 Å². The number of hydrogen-bond acceptors (Lipinski definition) is 3. The third-order valence-electron chi connectivity index (χ3n) is 4.59. The highest BCUT2D eigenvalue weighted by Gasteiger charge is 2.32. The van der Waals surface area contributed by atoms with E-state index in [1.807, 2.05) is 4.90 Å². The lowest BCUT2D eigenvalue weighted by atomic mass is 10.0. The molecule has 1 amide bonds. The minimum atomic E-state index is 0.317. The van der Waals surface area contributed by atoms with Gasteiger partial charge in [0.25, 0.3) is 0 Å². The maximum Gasteiger partial charge on any atom is 0.236 e. The zero-order chi connectivity index (χ0) is 13.0. The van der Waals surface area contributed by atoms with Gasteiger partial charge in [-0.15, -0.1) is 0 Å². The van der Waals surface area contributed by atoms with E-state index in [1.54, 1.807) is 0 Å². The summed E-state index contributed by atoms with van der Waals surface area (Å²) in [6, 6.07) is 0.534. The maximum atomic E-state index is 12.2. The molecule has 0 spiro atoms. The largest absolute Gasteiger partial charge is 0.342 e. The molecule has 1 saturated carbocycles. The van der Waals surface area contributed by atoms with E-state index in [2.05, 4.69) is 11.8 Å². The van der Waals surface area contributed by atoms with Gasteiger partial charge in [-0.1, -0.05) is 13.3 Å². The van der Waals surface area contributed by atoms with Crippen LogP contribution in [0.2, 0.25) is 0 Å². The minimum Gasteiger partial charge on any atom is -0.342 e. The molecule has 2 aliphatic rings. The topological polar surface area (TPSA) is 49.6 Å². The molecule has 2 N–H and O–H groups in total. The number of nitrogens with two attached hydrogens (primary N) is 1. The van der Waals surface area contributed by atoms with Crippen LogP contribution in [-0.4, -0.2) is 54.5 Å². The first kappa shape index (κ1) is 13.8. The van der Waals surface area contributed by atoms with Crippen molar-refractivity contribution in [2.75, 3.05) is 32.7 Å². The predicted molar refractivity (Wildman–Crippen MR) is 73.2 cm³/mol. The van der Waals surface area contributed by atoms with E-state index < -0.39 is 0 Å². The molecule has 1 heterocycles. The van der Waals surface area contributed by atoms with Gasteiger partial charge in [0.15, 0.2) is 0 Å². The lowest BCUT2D eigenvalue weighted by molar-refractivity contribution is -0.132. The Morgan fingerprint density at radius 3 is 2.61 bits per heavy atom. The quantitative estimate of drug-likeness (QED) is 0.797. The monoisotopic (exact) mass is 253 g/mol. The summed E-state index contributed by atoms with van der Waals surface area (Å²) in [6.07, 6.45) is 6.05. The number of carbonyl (C=O) groups is 1. The van der Waals surface area contributed by atoms with Crippen molar-refractivity contribution >= 4 is 5.91 Å². The fraction of sp³-hybridized carbons (Fsp3) is 0.929. The molecule has 2 fully saturated rings. The lowest BCUT2D eigenvalue weighted by Gasteiger charge is -2.32. The first-order valence-electron chi connectivity index (χ1n) is 7.48. The Morgan fingerprint density at radius 1 is 1.28 bits per heavy atom. The number of amides is 1. The van der Waals surface area contributed by atoms with Crippen LogP contribution in [0.3, 0.4) is 0 Å². The van der Waals surface area contributed by atoms with Crippen molar-refractivity contribution in [2.24, 2.45) is 11.7 Å². The first-order valence-corrected chi connectivity index (χ1v) is 7.48. The van der Waals surface area contributed by atoms with Gasteiger partial charge in [0, 0.05) is 19.1 Å². The third kappa shape index (κ3) is 3.04. The first-order chi connectivity index (χ1) is 8.76. The number of carbonyl (C=O) groups excluding carboxylic acids is 1. The number of likely N-dealkylation sites (N-methyl/N-ethyl adjacent to an activating group) is 1. The van der Waals surface area contributed by atoms with E-state index in [1.165, 1.54) is 32.1 Å². The number of nitrogens with zero attached hydrogens (tertiary/aromatic N) is 2. The summed E-state index contributed by atoms with van der Waals surface area (Å²) in [4.78, 5) is 16.6. The molecule has 104 valence electrons. The van der Waals surface area contributed by atoms with Crippen molar-refractivity contribution in [3.05, 3.63) is 0 Å². The second-order valence-electron chi connectivity index (χ2n) is 5.65. The molecule has 0 bridgehead atoms. The van der Waals surface area contributed by atoms with E-state index in [0.29, 0.717) is 24.4 Å². The molecule has 2 atom stereocenters. The molecule has 2 rings (SSSR count). The van der Waals surface area contributed by atoms with Crippen LogP contribution in [-0.2, 0) is 4.79 Å². The van der Waals surface area contributed by atoms with Crippen LogP contribution >= 0.6 is 0 Å². The SMILES string of the molecule is CCN(CC(=O)N1CCCC1)C1CCCC1CN. The van der Waals surface area contributed by atoms with Crippen LogP contribution in [0.1, 0.15) is 39.0 Å². The van der Waals surface area contributed by atoms with Gasteiger partial charge >= 0.3 is 0 Å². The van der Waals surface area contributed by atoms with Crippen LogP contribution in [0, 0.1) is 5.92 Å². The van der Waals surface area contributed by atoms with Crippen LogP contribution < -0.4 is 5.73 Å². The molecule has 1 aliphatic carbocycles. The molecule has 0 aromatic heterocycles. The lowest BCUT2D eigenvalue weighted by Crippen LogP contribution is -2.46. The standard InChI is InChI=1S/C14H27N3O/c1-2-16(13-7-5-6-12(13)10-15)11-14(18)17-8-3-4-9-17/h12-13H,2-11,15H2,1H3. The Hall–Kier alpha value is -0.610. The van der Waals surface area contributed by atoms with Gasteiger partial charge in [0.05, 0.1) is 6.54 Å². The van der Waals surface area contributed by atoms with Crippen LogP contribution in [0.5, 0.6) is 0 Å². The summed E-state index contributed by atoms with van der Waals surface area (Å²) in [5.74, 6) is 0.911. The van der Waals surface area contributed by atoms with Crippen molar-refractivity contribution in [1.82, 2.24) is 9.80 Å². The minimum absolute atomic E-state index is 0.317. The summed E-state index contributed by atoms with van der Waals surface area (Å²) in [7, 11) is 0. The Bertz CT molecular complexity index is 276. The van der Waals surface area contributed by atoms with Crippen molar-refractivity contribution in [2.45, 2.75) is 45.1 Å². The zero-order valence-corrected chi connectivity index (χ0v) is 11.6. The number of rotatable bonds is 5. The fourth-order valence-corrected chi connectivity index (χ4v) is 3.48. The summed E-state index contributed by atoms with van der Waals surface area (Å²) in [6.45, 7) is 6.39. The fourth-order valence-electron chi connectivity index (χ4n) is 3.48. The number of likely N-dealkylation sites (tertiary alicyclic amines) is 1. The van der Waals surface area contributed by atoms with E-state index in [4.69, 9.17) is 5.73 Å². The molecule has 4 heteroatoms. The van der Waals surface area contributed by atoms with Gasteiger partial charge in [-0.25, -0.2) is 0 Å². The van der Waals surface area contributed by atoms with Crippen LogP contribution in [0.25, 0.3) is 0 Å². The highest BCUT2D eigenvalue weighted by molar-refractivity contribution is 5.78. The van der Waals surface area contributed by atoms with Crippen molar-refractivity contribution in [1.29, 1.82) is 0 Å². The van der Waals surface area contributed by atoms with Gasteiger partial charge in [-0.05, 0) is 44.7 Å². The van der Waals surface area contributed by atoms with Gasteiger partial charge in [-0.3, -0.25) is 9.69 Å². The molecule has 0 aromatic carbocycles. The second kappa shape index (κ2) is 6.53. The van der Waals surface area contributed by atoms with E-state index >= 15 is 0 Å². The highest BCUT2D eigenvalue weighted by atomic mass is 16.2. The van der Waals surface area contributed by atoms with E-state index in [-0.39, 0.29) is 0 Å². The average molecular weight is 253 g/mol. The molecule has 0 aromatic rings. The smallest absolute Gasteiger partial charge is 0.236 e. The zero-order valence-electron chi connectivity index (χ0n) is 11.6. The Kier molecular flexibility index (Phi) is 5.01. The molecular weight excluding hydrogens is 226 g/mol. The van der Waals surface area contributed by atoms with Gasteiger partial charge < -0.3 is 10.6 Å². The highest BCUT2D eigenvalue weighted by Crippen LogP contribution is 2.29. The third-order valence-corrected chi connectivity index (χ3v) is 4.59. The molecule has 2 unspecified atom stereocenters. The van der Waals surface area contributed by atoms with E-state index in [9.17, 15) is 4.79 Å². The van der Waals surface area contributed by atoms with Crippen molar-refractivity contribution in [3.63, 3.8) is 0 Å². The molecule has 18 heavy (non-hydrogen) atoms. The van der Waals surface area contributed by atoms with Gasteiger partial charge in [-0.2, -0.15) is 0 Å². The molecule has 4 nitrogen and oxygen atoms in total. The van der Waals surface area contributed by atoms with Crippen LogP contribution in [0.15, 0.2) is 0 Å². The van der Waals surface area contributed by atoms with Crippen molar-refractivity contribution in [3.8, 4) is 0 Å². The maximum absolute atomic E-state index is 12.2. The molecule has 1 aliphatic heterocycles. The Balaban J connectivity index is 1.89. The summed E-state index contributed by atoms with van der Waals surface area (Å²) < 4.78 is 0. The summed E-state index contributed by atoms with van der Waals surface area (Å²) in [5.41, 5.74) is 5.85. The summed E-state index contributed by atoms with van der Waals surface area (Å²) in [5, 5.41) is 0.